The summed E-state index contributed by atoms with van der Waals surface area (Å²) >= 11 is 0. The summed E-state index contributed by atoms with van der Waals surface area (Å²) in [4.78, 5) is 22.8. The highest BCUT2D eigenvalue weighted by Gasteiger charge is 2.17. The van der Waals surface area contributed by atoms with Gasteiger partial charge in [0.15, 0.2) is 5.82 Å². The first-order valence-electron chi connectivity index (χ1n) is 8.66. The molecule has 26 heavy (non-hydrogen) atoms. The van der Waals surface area contributed by atoms with E-state index >= 15 is 0 Å². The van der Waals surface area contributed by atoms with E-state index in [1.807, 2.05) is 18.4 Å². The third-order valence-corrected chi connectivity index (χ3v) is 4.59. The van der Waals surface area contributed by atoms with Crippen LogP contribution in [0.3, 0.4) is 0 Å². The number of aromatic nitrogens is 7. The van der Waals surface area contributed by atoms with Crippen LogP contribution in [0, 0.1) is 13.8 Å². The quantitative estimate of drug-likeness (QED) is 0.664. The van der Waals surface area contributed by atoms with Crippen molar-refractivity contribution < 1.29 is 4.79 Å². The first-order chi connectivity index (χ1) is 12.4. The van der Waals surface area contributed by atoms with Crippen LogP contribution in [-0.4, -0.2) is 52.2 Å². The van der Waals surface area contributed by atoms with Gasteiger partial charge in [-0.1, -0.05) is 0 Å². The molecule has 0 aromatic carbocycles. The van der Waals surface area contributed by atoms with Crippen molar-refractivity contribution in [1.29, 1.82) is 0 Å². The van der Waals surface area contributed by atoms with Gasteiger partial charge in [0.1, 0.15) is 12.7 Å². The summed E-state index contributed by atoms with van der Waals surface area (Å²) in [5, 5.41) is 12.3. The number of nitrogens with zero attached hydrogens (tertiary/aromatic N) is 8. The maximum Gasteiger partial charge on any atom is 0.252 e. The van der Waals surface area contributed by atoms with Gasteiger partial charge in [-0.15, -0.1) is 10.2 Å². The van der Waals surface area contributed by atoms with Crippen molar-refractivity contribution >= 4 is 11.7 Å². The number of amides is 1. The maximum absolute atomic E-state index is 12.6. The molecule has 0 saturated heterocycles. The summed E-state index contributed by atoms with van der Waals surface area (Å²) in [5.41, 5.74) is 2.90. The zero-order chi connectivity index (χ0) is 18.8. The van der Waals surface area contributed by atoms with Gasteiger partial charge in [-0.3, -0.25) is 4.79 Å². The van der Waals surface area contributed by atoms with Crippen LogP contribution in [0.2, 0.25) is 0 Å². The number of hydrogen-bond donors (Lipinski definition) is 0. The summed E-state index contributed by atoms with van der Waals surface area (Å²) in [7, 11) is 1.79. The summed E-state index contributed by atoms with van der Waals surface area (Å²) < 4.78 is 3.68. The summed E-state index contributed by atoms with van der Waals surface area (Å²) in [6.07, 6.45) is 4.20. The van der Waals surface area contributed by atoms with Crippen LogP contribution in [-0.2, 0) is 17.8 Å². The van der Waals surface area contributed by atoms with Crippen LogP contribution < -0.4 is 0 Å². The average Bonchev–Trinajstić information content (AvgIpc) is 3.23. The topological polar surface area (TPSA) is 94.1 Å². The van der Waals surface area contributed by atoms with Crippen LogP contribution in [0.25, 0.3) is 5.78 Å². The fourth-order valence-corrected chi connectivity index (χ4v) is 3.05. The van der Waals surface area contributed by atoms with Crippen molar-refractivity contribution in [1.82, 2.24) is 39.2 Å². The smallest absolute Gasteiger partial charge is 0.252 e. The van der Waals surface area contributed by atoms with Crippen LogP contribution in [0.15, 0.2) is 12.7 Å². The normalized spacial score (nSPS) is 11.5. The molecule has 3 aromatic heterocycles. The van der Waals surface area contributed by atoms with E-state index < -0.39 is 0 Å². The lowest BCUT2D eigenvalue weighted by Crippen LogP contribution is -2.28. The molecule has 0 saturated carbocycles. The third kappa shape index (κ3) is 3.42. The number of rotatable bonds is 6. The zero-order valence-corrected chi connectivity index (χ0v) is 15.8. The van der Waals surface area contributed by atoms with Gasteiger partial charge in [0.25, 0.3) is 5.78 Å². The van der Waals surface area contributed by atoms with E-state index in [0.717, 1.165) is 22.8 Å². The van der Waals surface area contributed by atoms with Crippen molar-refractivity contribution in [3.8, 4) is 0 Å². The molecule has 0 fully saturated rings. The van der Waals surface area contributed by atoms with Crippen LogP contribution >= 0.6 is 0 Å². The van der Waals surface area contributed by atoms with E-state index in [1.54, 1.807) is 22.8 Å². The standard InChI is InChI=1S/C17H24N8O/c1-11(2)24-10-19-22-15(24)8-23(5)16(26)7-6-14-12(3)21-17-18-9-20-25(17)13(14)4/h9-11H,6-8H2,1-5H3. The second-order valence-electron chi connectivity index (χ2n) is 6.73. The lowest BCUT2D eigenvalue weighted by molar-refractivity contribution is -0.130. The molecule has 3 aromatic rings. The molecule has 9 nitrogen and oxygen atoms in total. The Morgan fingerprint density at radius 1 is 1.31 bits per heavy atom. The first kappa shape index (κ1) is 18.0. The second-order valence-corrected chi connectivity index (χ2v) is 6.73. The van der Waals surface area contributed by atoms with Crippen LogP contribution in [0.4, 0.5) is 0 Å². The monoisotopic (exact) mass is 356 g/mol. The Hall–Kier alpha value is -2.84. The predicted molar refractivity (Wildman–Crippen MR) is 95.5 cm³/mol. The minimum Gasteiger partial charge on any atom is -0.338 e. The molecule has 0 bridgehead atoms. The predicted octanol–water partition coefficient (Wildman–Crippen LogP) is 1.50. The fraction of sp³-hybridized carbons (Fsp3) is 0.529. The Morgan fingerprint density at radius 2 is 2.08 bits per heavy atom. The molecular weight excluding hydrogens is 332 g/mol. The van der Waals surface area contributed by atoms with Crippen LogP contribution in [0.1, 0.15) is 49.1 Å². The second kappa shape index (κ2) is 7.19. The van der Waals surface area contributed by atoms with E-state index in [9.17, 15) is 4.79 Å². The summed E-state index contributed by atoms with van der Waals surface area (Å²) in [6.45, 7) is 8.48. The van der Waals surface area contributed by atoms with Crippen molar-refractivity contribution in [3.63, 3.8) is 0 Å². The van der Waals surface area contributed by atoms with Gasteiger partial charge in [0.2, 0.25) is 5.91 Å². The number of aryl methyl sites for hydroxylation is 2. The number of carbonyl (C=O) groups is 1. The SMILES string of the molecule is Cc1nc2ncnn2c(C)c1CCC(=O)N(C)Cc1nncn1C(C)C. The van der Waals surface area contributed by atoms with Gasteiger partial charge in [-0.05, 0) is 39.7 Å². The van der Waals surface area contributed by atoms with Crippen molar-refractivity contribution in [2.75, 3.05) is 7.05 Å². The maximum atomic E-state index is 12.6. The van der Waals surface area contributed by atoms with Gasteiger partial charge < -0.3 is 9.47 Å². The fourth-order valence-electron chi connectivity index (χ4n) is 3.05. The summed E-state index contributed by atoms with van der Waals surface area (Å²) in [5.74, 6) is 1.43. The molecule has 138 valence electrons. The van der Waals surface area contributed by atoms with E-state index in [2.05, 4.69) is 39.1 Å². The van der Waals surface area contributed by atoms with E-state index in [0.29, 0.717) is 25.2 Å². The first-order valence-corrected chi connectivity index (χ1v) is 8.66. The molecule has 3 rings (SSSR count). The minimum atomic E-state index is 0.0563. The highest BCUT2D eigenvalue weighted by atomic mass is 16.2. The van der Waals surface area contributed by atoms with E-state index in [-0.39, 0.29) is 11.9 Å². The Morgan fingerprint density at radius 3 is 2.81 bits per heavy atom. The van der Waals surface area contributed by atoms with Gasteiger partial charge in [-0.25, -0.2) is 9.50 Å². The number of hydrogen-bond acceptors (Lipinski definition) is 6. The lowest BCUT2D eigenvalue weighted by Gasteiger charge is -2.19. The molecular formula is C17H24N8O. The summed E-state index contributed by atoms with van der Waals surface area (Å²) in [6, 6.07) is 0.259. The van der Waals surface area contributed by atoms with E-state index in [1.165, 1.54) is 6.33 Å². The van der Waals surface area contributed by atoms with Gasteiger partial charge in [0, 0.05) is 30.9 Å². The molecule has 0 aliphatic heterocycles. The number of carbonyl (C=O) groups excluding carboxylic acids is 1. The van der Waals surface area contributed by atoms with Crippen LogP contribution in [0.5, 0.6) is 0 Å². The van der Waals surface area contributed by atoms with Gasteiger partial charge >= 0.3 is 0 Å². The largest absolute Gasteiger partial charge is 0.338 e. The molecule has 0 unspecified atom stereocenters. The van der Waals surface area contributed by atoms with E-state index in [4.69, 9.17) is 0 Å². The molecule has 9 heteroatoms. The Bertz CT molecular complexity index is 926. The third-order valence-electron chi connectivity index (χ3n) is 4.59. The molecule has 0 spiro atoms. The Labute approximate surface area is 152 Å². The molecule has 0 radical (unpaired) electrons. The van der Waals surface area contributed by atoms with Gasteiger partial charge in [0.05, 0.1) is 6.54 Å². The average molecular weight is 356 g/mol. The molecule has 1 amide bonds. The lowest BCUT2D eigenvalue weighted by atomic mass is 10.1. The van der Waals surface area contributed by atoms with Crippen molar-refractivity contribution in [2.45, 2.75) is 53.1 Å². The Balaban J connectivity index is 1.68. The van der Waals surface area contributed by atoms with Crippen molar-refractivity contribution in [3.05, 3.63) is 35.4 Å². The molecule has 0 atom stereocenters. The molecule has 0 aliphatic carbocycles. The zero-order valence-electron chi connectivity index (χ0n) is 15.8. The minimum absolute atomic E-state index is 0.0563. The molecule has 3 heterocycles. The van der Waals surface area contributed by atoms with Crippen molar-refractivity contribution in [2.24, 2.45) is 0 Å². The molecule has 0 aliphatic rings. The van der Waals surface area contributed by atoms with Gasteiger partial charge in [-0.2, -0.15) is 10.1 Å². The highest BCUT2D eigenvalue weighted by Crippen LogP contribution is 2.16. The molecule has 0 N–H and O–H groups in total. The number of fused-ring (bicyclic) bond motifs is 1. The highest BCUT2D eigenvalue weighted by molar-refractivity contribution is 5.76. The Kier molecular flexibility index (Phi) is 4.97.